The molecule has 1 aromatic heterocycles. The number of anilines is 1. The number of benzene rings is 1. The molecule has 0 saturated carbocycles. The highest BCUT2D eigenvalue weighted by Gasteiger charge is 2.34. The lowest BCUT2D eigenvalue weighted by molar-refractivity contribution is -0.122. The van der Waals surface area contributed by atoms with E-state index < -0.39 is 0 Å². The lowest BCUT2D eigenvalue weighted by atomic mass is 10.0. The minimum Gasteiger partial charge on any atom is -0.355 e. The van der Waals surface area contributed by atoms with Gasteiger partial charge in [0.05, 0.1) is 11.4 Å². The van der Waals surface area contributed by atoms with Crippen molar-refractivity contribution in [2.24, 2.45) is 0 Å². The van der Waals surface area contributed by atoms with E-state index in [4.69, 9.17) is 23.8 Å². The maximum Gasteiger partial charge on any atom is 0.270 e. The first kappa shape index (κ1) is 28.4. The smallest absolute Gasteiger partial charge is 0.270 e. The van der Waals surface area contributed by atoms with Gasteiger partial charge < -0.3 is 9.80 Å². The minimum absolute atomic E-state index is 0.120. The molecular weight excluding hydrogens is 538 g/mol. The minimum atomic E-state index is -0.269. The summed E-state index contributed by atoms with van der Waals surface area (Å²) in [7, 11) is 0. The van der Waals surface area contributed by atoms with Crippen molar-refractivity contribution in [1.82, 2.24) is 14.4 Å². The molecule has 200 valence electrons. The molecule has 2 aliphatic heterocycles. The average molecular weight is 570 g/mol. The zero-order valence-electron chi connectivity index (χ0n) is 22.0. The Kier molecular flexibility index (Phi) is 9.32. The van der Waals surface area contributed by atoms with Crippen LogP contribution in [0.15, 0.2) is 34.0 Å². The first-order chi connectivity index (χ1) is 18.3. The molecule has 4 rings (SSSR count). The Labute approximate surface area is 238 Å². The predicted molar refractivity (Wildman–Crippen MR) is 160 cm³/mol. The zero-order chi connectivity index (χ0) is 27.4. The summed E-state index contributed by atoms with van der Waals surface area (Å²) in [6.07, 6.45) is 3.56. The average Bonchev–Trinajstić information content (AvgIpc) is 3.18. The van der Waals surface area contributed by atoms with Crippen molar-refractivity contribution in [1.29, 1.82) is 5.26 Å². The number of unbranched alkanes of at least 4 members (excludes halogenated alkanes) is 1. The van der Waals surface area contributed by atoms with Crippen molar-refractivity contribution >= 4 is 57.7 Å². The van der Waals surface area contributed by atoms with Crippen LogP contribution in [0.25, 0.3) is 6.08 Å². The lowest BCUT2D eigenvalue weighted by Gasteiger charge is -2.37. The molecule has 2 fully saturated rings. The Morgan fingerprint density at radius 2 is 1.87 bits per heavy atom. The van der Waals surface area contributed by atoms with E-state index in [2.05, 4.69) is 29.7 Å². The number of nitrogens with zero attached hydrogens (tertiary/aromatic N) is 5. The molecule has 0 N–H and O–H groups in total. The van der Waals surface area contributed by atoms with E-state index in [1.54, 1.807) is 22.5 Å². The standard InChI is InChI=1S/C28H32ClN5O2S2/c1-4-6-11-33-25(32-14-12-31(5-2)13-15-32)21(19(3)22(17-30)26(33)35)16-24-27(36)34(28(37)38-24)18-20-9-7-8-10-23(20)29/h7-10,16H,4-6,11-15,18H2,1-3H3. The summed E-state index contributed by atoms with van der Waals surface area (Å²) in [5, 5.41) is 10.5. The fraction of sp³-hybridized carbons (Fsp3) is 0.429. The number of aromatic nitrogens is 1. The third-order valence-electron chi connectivity index (χ3n) is 7.14. The third-order valence-corrected chi connectivity index (χ3v) is 8.88. The molecule has 1 amide bonds. The summed E-state index contributed by atoms with van der Waals surface area (Å²) in [6, 6.07) is 9.53. The van der Waals surface area contributed by atoms with Crippen LogP contribution in [0.5, 0.6) is 0 Å². The summed E-state index contributed by atoms with van der Waals surface area (Å²) in [5.74, 6) is 0.581. The quantitative estimate of drug-likeness (QED) is 0.326. The summed E-state index contributed by atoms with van der Waals surface area (Å²) >= 11 is 13.2. The first-order valence-corrected chi connectivity index (χ1v) is 14.5. The first-order valence-electron chi connectivity index (χ1n) is 12.9. The Bertz CT molecular complexity index is 1370. The molecule has 7 nitrogen and oxygen atoms in total. The molecule has 0 atom stereocenters. The van der Waals surface area contributed by atoms with E-state index in [0.29, 0.717) is 26.4 Å². The van der Waals surface area contributed by atoms with Gasteiger partial charge >= 0.3 is 0 Å². The van der Waals surface area contributed by atoms with Crippen LogP contribution in [0, 0.1) is 18.3 Å². The summed E-state index contributed by atoms with van der Waals surface area (Å²) in [5.41, 5.74) is 2.00. The molecule has 38 heavy (non-hydrogen) atoms. The van der Waals surface area contributed by atoms with Gasteiger partial charge in [0.25, 0.3) is 11.5 Å². The highest BCUT2D eigenvalue weighted by Crippen LogP contribution is 2.37. The van der Waals surface area contributed by atoms with Gasteiger partial charge in [-0.2, -0.15) is 5.26 Å². The number of thiocarbonyl (C=S) groups is 1. The normalized spacial score (nSPS) is 17.5. The number of piperazine rings is 1. The highest BCUT2D eigenvalue weighted by molar-refractivity contribution is 8.26. The van der Waals surface area contributed by atoms with Crippen LogP contribution in [0.3, 0.4) is 0 Å². The van der Waals surface area contributed by atoms with Crippen LogP contribution in [-0.2, 0) is 17.9 Å². The van der Waals surface area contributed by atoms with Crippen molar-refractivity contribution in [3.63, 3.8) is 0 Å². The predicted octanol–water partition coefficient (Wildman–Crippen LogP) is 5.03. The number of halogens is 1. The van der Waals surface area contributed by atoms with Crippen LogP contribution in [0.1, 0.15) is 48.9 Å². The van der Waals surface area contributed by atoms with Crippen molar-refractivity contribution in [3.05, 3.63) is 66.8 Å². The number of amides is 1. The Balaban J connectivity index is 1.81. The number of hydrogen-bond donors (Lipinski definition) is 0. The van der Waals surface area contributed by atoms with Gasteiger partial charge in [0.1, 0.15) is 21.8 Å². The maximum absolute atomic E-state index is 13.5. The lowest BCUT2D eigenvalue weighted by Crippen LogP contribution is -2.48. The van der Waals surface area contributed by atoms with E-state index in [1.807, 2.05) is 24.3 Å². The number of nitriles is 1. The van der Waals surface area contributed by atoms with Crippen molar-refractivity contribution < 1.29 is 4.79 Å². The van der Waals surface area contributed by atoms with Crippen LogP contribution in [-0.4, -0.2) is 57.3 Å². The van der Waals surface area contributed by atoms with Crippen LogP contribution >= 0.6 is 35.6 Å². The SMILES string of the molecule is CCCCn1c(N2CCN(CC)CC2)c(C=C2SC(=S)N(Cc3ccccc3Cl)C2=O)c(C)c(C#N)c1=O. The van der Waals surface area contributed by atoms with E-state index in [-0.39, 0.29) is 23.6 Å². The largest absolute Gasteiger partial charge is 0.355 e. The van der Waals surface area contributed by atoms with Crippen molar-refractivity contribution in [2.45, 2.75) is 46.7 Å². The van der Waals surface area contributed by atoms with Gasteiger partial charge in [0.15, 0.2) is 0 Å². The molecule has 3 heterocycles. The van der Waals surface area contributed by atoms with E-state index in [9.17, 15) is 14.9 Å². The van der Waals surface area contributed by atoms with E-state index in [0.717, 1.165) is 62.5 Å². The molecule has 2 aromatic rings. The Morgan fingerprint density at radius 1 is 1.16 bits per heavy atom. The fourth-order valence-corrected chi connectivity index (χ4v) is 6.28. The van der Waals surface area contributed by atoms with Gasteiger partial charge in [-0.15, -0.1) is 0 Å². The molecule has 0 bridgehead atoms. The molecule has 10 heteroatoms. The summed E-state index contributed by atoms with van der Waals surface area (Å²) < 4.78 is 2.20. The number of pyridine rings is 1. The van der Waals surface area contributed by atoms with Gasteiger partial charge in [-0.05, 0) is 43.2 Å². The highest BCUT2D eigenvalue weighted by atomic mass is 35.5. The fourth-order valence-electron chi connectivity index (χ4n) is 4.85. The monoisotopic (exact) mass is 569 g/mol. The second kappa shape index (κ2) is 12.5. The Morgan fingerprint density at radius 3 is 2.50 bits per heavy atom. The van der Waals surface area contributed by atoms with Gasteiger partial charge in [-0.3, -0.25) is 19.1 Å². The van der Waals surface area contributed by atoms with Gasteiger partial charge in [-0.25, -0.2) is 0 Å². The topological polar surface area (TPSA) is 72.6 Å². The van der Waals surface area contributed by atoms with E-state index >= 15 is 0 Å². The van der Waals surface area contributed by atoms with Gasteiger partial charge in [0.2, 0.25) is 0 Å². The van der Waals surface area contributed by atoms with Crippen LogP contribution < -0.4 is 10.5 Å². The molecule has 1 aromatic carbocycles. The third kappa shape index (κ3) is 5.69. The zero-order valence-corrected chi connectivity index (χ0v) is 24.4. The van der Waals surface area contributed by atoms with Crippen LogP contribution in [0.4, 0.5) is 5.82 Å². The van der Waals surface area contributed by atoms with Crippen molar-refractivity contribution in [2.75, 3.05) is 37.6 Å². The molecule has 0 radical (unpaired) electrons. The summed E-state index contributed by atoms with van der Waals surface area (Å²) in [6.45, 7) is 11.1. The molecule has 0 spiro atoms. The molecule has 2 aliphatic rings. The molecule has 0 aliphatic carbocycles. The van der Waals surface area contributed by atoms with E-state index in [1.165, 1.54) is 11.8 Å². The van der Waals surface area contributed by atoms with Gasteiger partial charge in [0, 0.05) is 43.3 Å². The Hall–Kier alpha value is -2.64. The maximum atomic E-state index is 13.5. The molecular formula is C28H32ClN5O2S2. The number of thioether (sulfide) groups is 1. The van der Waals surface area contributed by atoms with Gasteiger partial charge in [-0.1, -0.05) is 74.0 Å². The second-order valence-electron chi connectivity index (χ2n) is 9.44. The number of rotatable bonds is 8. The van der Waals surface area contributed by atoms with Crippen LogP contribution in [0.2, 0.25) is 5.02 Å². The molecule has 0 unspecified atom stereocenters. The van der Waals surface area contributed by atoms with Crippen molar-refractivity contribution in [3.8, 4) is 6.07 Å². The summed E-state index contributed by atoms with van der Waals surface area (Å²) in [4.78, 5) is 33.7. The second-order valence-corrected chi connectivity index (χ2v) is 11.5. The number of hydrogen-bond acceptors (Lipinski definition) is 7. The molecule has 2 saturated heterocycles. The number of carbonyl (C=O) groups is 1. The number of carbonyl (C=O) groups excluding carboxylic acids is 1. The number of likely N-dealkylation sites (N-methyl/N-ethyl adjacent to an activating group) is 1.